The Morgan fingerprint density at radius 2 is 1.13 bits per heavy atom. The third-order valence-electron chi connectivity index (χ3n) is 7.08. The quantitative estimate of drug-likeness (QED) is 0.385. The molecule has 177 valence electrons. The first-order valence-corrected chi connectivity index (χ1v) is 15.2. The number of halogens is 2. The maximum atomic E-state index is 5.06. The molecule has 3 aliphatic rings. The van der Waals surface area contributed by atoms with E-state index in [1.807, 2.05) is 0 Å². The second-order valence-electron chi connectivity index (χ2n) is 9.22. The fraction of sp³-hybridized carbons (Fsp3) is 0.783. The SMILES string of the molecule is C[C@@H]1NC2CCCCC2NCCNC2CCCCC2N[C@@H](C)c2cccc1n2.[Cl][Mn][Cl]. The fourth-order valence-corrected chi connectivity index (χ4v) is 5.43. The van der Waals surface area contributed by atoms with Gasteiger partial charge in [-0.15, -0.1) is 0 Å². The van der Waals surface area contributed by atoms with Gasteiger partial charge < -0.3 is 21.3 Å². The van der Waals surface area contributed by atoms with E-state index in [0.29, 0.717) is 24.2 Å². The van der Waals surface area contributed by atoms with E-state index < -0.39 is 0 Å². The molecule has 31 heavy (non-hydrogen) atoms. The molecule has 0 radical (unpaired) electrons. The minimum atomic E-state index is 0.00694. The Labute approximate surface area is 203 Å². The van der Waals surface area contributed by atoms with E-state index in [0.717, 1.165) is 13.1 Å². The van der Waals surface area contributed by atoms with Gasteiger partial charge in [-0.3, -0.25) is 4.98 Å². The van der Waals surface area contributed by atoms with Crippen LogP contribution < -0.4 is 21.3 Å². The van der Waals surface area contributed by atoms with Gasteiger partial charge in [-0.1, -0.05) is 31.7 Å². The summed E-state index contributed by atoms with van der Waals surface area (Å²) >= 11 is 0.00694. The van der Waals surface area contributed by atoms with Crippen LogP contribution in [0.25, 0.3) is 0 Å². The van der Waals surface area contributed by atoms with Crippen molar-refractivity contribution in [3.05, 3.63) is 29.6 Å². The van der Waals surface area contributed by atoms with Crippen molar-refractivity contribution in [2.24, 2.45) is 0 Å². The van der Waals surface area contributed by atoms with Crippen LogP contribution >= 0.6 is 20.2 Å². The molecule has 1 aromatic heterocycles. The van der Waals surface area contributed by atoms with E-state index in [1.165, 1.54) is 62.8 Å². The van der Waals surface area contributed by atoms with Crippen LogP contribution in [0.5, 0.6) is 0 Å². The van der Waals surface area contributed by atoms with Crippen molar-refractivity contribution in [1.82, 2.24) is 26.3 Å². The molecule has 1 aliphatic heterocycles. The standard InChI is InChI=1S/C23H39N5.2ClH.Mn/c1-16-18-12-7-13-19(28-18)17(2)27-23-11-6-4-9-21(23)25-15-14-24-20-8-3-5-10-22(20)26-16;;;/h7,12-13,16-17,20-27H,3-6,8-11,14-15H2,1-2H3;2*1H;/q;;;+2/p-2/t16-,17-,20?,21?,22?,23?;;;/m0.../s1. The molecule has 4 rings (SSSR count). The van der Waals surface area contributed by atoms with Gasteiger partial charge in [0, 0.05) is 49.3 Å². The van der Waals surface area contributed by atoms with Gasteiger partial charge in [-0.25, -0.2) is 0 Å². The molecular formula is C23H39Cl2MnN5. The molecule has 0 amide bonds. The number of pyridine rings is 1. The first kappa shape index (κ1) is 25.7. The van der Waals surface area contributed by atoms with Gasteiger partial charge in [-0.05, 0) is 51.7 Å². The molecule has 2 aliphatic carbocycles. The van der Waals surface area contributed by atoms with Crippen molar-refractivity contribution in [2.75, 3.05) is 13.1 Å². The molecule has 1 aromatic rings. The molecule has 0 spiro atoms. The molecule has 0 saturated heterocycles. The van der Waals surface area contributed by atoms with Gasteiger partial charge >= 0.3 is 33.3 Å². The van der Waals surface area contributed by atoms with E-state index in [1.54, 1.807) is 0 Å². The predicted molar refractivity (Wildman–Crippen MR) is 127 cm³/mol. The van der Waals surface area contributed by atoms with Crippen molar-refractivity contribution in [3.63, 3.8) is 0 Å². The summed E-state index contributed by atoms with van der Waals surface area (Å²) < 4.78 is 0. The molecule has 6 atom stereocenters. The molecule has 2 heterocycles. The first-order chi connectivity index (χ1) is 15.1. The maximum absolute atomic E-state index is 5.06. The summed E-state index contributed by atoms with van der Waals surface area (Å²) in [5.41, 5.74) is 2.34. The van der Waals surface area contributed by atoms with Crippen molar-refractivity contribution in [2.45, 2.75) is 101 Å². The zero-order valence-corrected chi connectivity index (χ0v) is 21.5. The number of nitrogens with zero attached hydrogens (tertiary/aromatic N) is 1. The van der Waals surface area contributed by atoms with Crippen LogP contribution in [0.1, 0.15) is 88.7 Å². The molecule has 0 aromatic carbocycles. The topological polar surface area (TPSA) is 61.0 Å². The number of rotatable bonds is 0. The minimum absolute atomic E-state index is 0.00694. The number of hydrogen-bond donors (Lipinski definition) is 4. The molecule has 8 heteroatoms. The van der Waals surface area contributed by atoms with E-state index >= 15 is 0 Å². The Morgan fingerprint density at radius 3 is 1.55 bits per heavy atom. The van der Waals surface area contributed by atoms with Gasteiger partial charge in [-0.2, -0.15) is 0 Å². The Bertz CT molecular complexity index is 603. The number of fused-ring (bicyclic) bond motifs is 4. The Hall–Kier alpha value is 0.0895. The van der Waals surface area contributed by atoms with Crippen LogP contribution in [0, 0.1) is 0 Å². The second kappa shape index (κ2) is 13.7. The van der Waals surface area contributed by atoms with Crippen molar-refractivity contribution < 1.29 is 13.1 Å². The summed E-state index contributed by atoms with van der Waals surface area (Å²) in [4.78, 5) is 5.06. The van der Waals surface area contributed by atoms with Crippen LogP contribution in [0.15, 0.2) is 18.2 Å². The molecule has 5 nitrogen and oxygen atoms in total. The summed E-state index contributed by atoms with van der Waals surface area (Å²) in [6.45, 7) is 6.66. The summed E-state index contributed by atoms with van der Waals surface area (Å²) in [5, 5.41) is 15.5. The third-order valence-corrected chi connectivity index (χ3v) is 7.08. The fourth-order valence-electron chi connectivity index (χ4n) is 5.43. The zero-order valence-electron chi connectivity index (χ0n) is 18.8. The van der Waals surface area contributed by atoms with E-state index in [-0.39, 0.29) is 25.2 Å². The average molecular weight is 511 g/mol. The second-order valence-corrected chi connectivity index (χ2v) is 11.2. The normalized spacial score (nSPS) is 34.7. The molecule has 4 unspecified atom stereocenters. The van der Waals surface area contributed by atoms with Crippen LogP contribution in [0.2, 0.25) is 0 Å². The van der Waals surface area contributed by atoms with E-state index in [2.05, 4.69) is 53.3 Å². The van der Waals surface area contributed by atoms with Crippen molar-refractivity contribution in [3.8, 4) is 0 Å². The van der Waals surface area contributed by atoms with Gasteiger partial charge in [0.25, 0.3) is 0 Å². The monoisotopic (exact) mass is 510 g/mol. The summed E-state index contributed by atoms with van der Waals surface area (Å²) in [6, 6.07) is 9.34. The van der Waals surface area contributed by atoms with Crippen molar-refractivity contribution in [1.29, 1.82) is 0 Å². The molecule has 4 N–H and O–H groups in total. The molecular weight excluding hydrogens is 472 g/mol. The van der Waals surface area contributed by atoms with Gasteiger partial charge in [0.1, 0.15) is 0 Å². The van der Waals surface area contributed by atoms with E-state index in [4.69, 9.17) is 25.2 Å². The zero-order chi connectivity index (χ0) is 22.1. The van der Waals surface area contributed by atoms with Crippen molar-refractivity contribution >= 4 is 20.2 Å². The number of aromatic nitrogens is 1. The summed E-state index contributed by atoms with van der Waals surface area (Å²) in [5.74, 6) is 0. The first-order valence-electron chi connectivity index (χ1n) is 11.9. The Balaban J connectivity index is 0.000000858. The van der Waals surface area contributed by atoms with Crippen LogP contribution in [0.3, 0.4) is 0 Å². The molecule has 2 fully saturated rings. The van der Waals surface area contributed by atoms with Crippen LogP contribution in [-0.4, -0.2) is 42.2 Å². The summed E-state index contributed by atoms with van der Waals surface area (Å²) in [6.07, 6.45) is 10.4. The number of nitrogens with one attached hydrogen (secondary N) is 4. The molecule has 2 saturated carbocycles. The Morgan fingerprint density at radius 1 is 0.742 bits per heavy atom. The number of hydrogen-bond acceptors (Lipinski definition) is 5. The Kier molecular flexibility index (Phi) is 11.4. The average Bonchev–Trinajstić information content (AvgIpc) is 2.79. The molecule has 2 bridgehead atoms. The van der Waals surface area contributed by atoms with Gasteiger partial charge in [0.05, 0.1) is 11.4 Å². The van der Waals surface area contributed by atoms with Crippen LogP contribution in [0.4, 0.5) is 0 Å². The van der Waals surface area contributed by atoms with Gasteiger partial charge in [0.15, 0.2) is 0 Å². The van der Waals surface area contributed by atoms with Gasteiger partial charge in [0.2, 0.25) is 0 Å². The van der Waals surface area contributed by atoms with E-state index in [9.17, 15) is 0 Å². The third kappa shape index (κ3) is 7.82. The predicted octanol–water partition coefficient (Wildman–Crippen LogP) is 4.57. The summed E-state index contributed by atoms with van der Waals surface area (Å²) in [7, 11) is 9.59. The van der Waals surface area contributed by atoms with Crippen LogP contribution in [-0.2, 0) is 13.1 Å².